The number of carboxylic acids is 1. The molecular formula is C20H15Cl2F2NO3S. The van der Waals surface area contributed by atoms with Gasteiger partial charge in [-0.3, -0.25) is 4.79 Å². The van der Waals surface area contributed by atoms with Crippen LogP contribution in [0.3, 0.4) is 0 Å². The maximum Gasteiger partial charge on any atom is 0.339 e. The first-order valence-corrected chi connectivity index (χ1v) is 10.1. The lowest BCUT2D eigenvalue weighted by Crippen LogP contribution is -2.19. The predicted molar refractivity (Wildman–Crippen MR) is 111 cm³/mol. The number of benzene rings is 1. The fourth-order valence-corrected chi connectivity index (χ4v) is 4.50. The molecule has 0 saturated heterocycles. The highest BCUT2D eigenvalue weighted by atomic mass is 35.5. The molecule has 2 N–H and O–H groups in total. The number of hydrogen-bond donors (Lipinski definition) is 2. The summed E-state index contributed by atoms with van der Waals surface area (Å²) in [5, 5.41) is 14.4. The fraction of sp³-hybridized carbons (Fsp3) is 0.200. The first-order valence-electron chi connectivity index (χ1n) is 8.48. The van der Waals surface area contributed by atoms with Crippen molar-refractivity contribution >= 4 is 51.4 Å². The van der Waals surface area contributed by atoms with Crippen molar-refractivity contribution in [1.82, 2.24) is 0 Å². The number of carboxylic acid groups (broad SMARTS) is 1. The quantitative estimate of drug-likeness (QED) is 0.554. The number of carbonyl (C=O) groups is 2. The van der Waals surface area contributed by atoms with E-state index in [1.54, 1.807) is 6.92 Å². The lowest BCUT2D eigenvalue weighted by molar-refractivity contribution is -0.112. The Morgan fingerprint density at radius 1 is 1.07 bits per heavy atom. The Labute approximate surface area is 179 Å². The molecule has 0 saturated carbocycles. The molecule has 3 rings (SSSR count). The van der Waals surface area contributed by atoms with Crippen LogP contribution in [0.15, 0.2) is 38.7 Å². The number of nitrogens with one attached hydrogen (secondary N) is 1. The van der Waals surface area contributed by atoms with E-state index in [9.17, 15) is 23.5 Å². The van der Waals surface area contributed by atoms with E-state index < -0.39 is 23.5 Å². The number of amides is 1. The number of allylic oxidation sites excluding steroid dienone is 2. The van der Waals surface area contributed by atoms with Crippen LogP contribution in [-0.2, 0) is 4.79 Å². The van der Waals surface area contributed by atoms with Gasteiger partial charge in [-0.25, -0.2) is 13.6 Å². The van der Waals surface area contributed by atoms with Gasteiger partial charge < -0.3 is 10.4 Å². The molecule has 0 unspecified atom stereocenters. The standard InChI is InChI=1S/C20H15Cl2F2NO3S/c1-8-3-4-10(17(24)16(8)23)11-7-29-19(15(11)20(27)28)25-18(26)14-9(2)12(21)5-6-13(14)22/h3-4,7H,5-6H2,1-2H3,(H,25,26)(H,27,28). The van der Waals surface area contributed by atoms with Crippen LogP contribution in [0.5, 0.6) is 0 Å². The molecule has 0 spiro atoms. The molecule has 29 heavy (non-hydrogen) atoms. The lowest BCUT2D eigenvalue weighted by atomic mass is 9.97. The van der Waals surface area contributed by atoms with Crippen LogP contribution in [0.2, 0.25) is 0 Å². The number of aromatic carboxylic acids is 1. The Morgan fingerprint density at radius 2 is 1.72 bits per heavy atom. The van der Waals surface area contributed by atoms with Crippen molar-refractivity contribution in [1.29, 1.82) is 0 Å². The zero-order valence-electron chi connectivity index (χ0n) is 15.3. The van der Waals surface area contributed by atoms with E-state index in [4.69, 9.17) is 23.2 Å². The van der Waals surface area contributed by atoms with E-state index in [2.05, 4.69) is 5.32 Å². The van der Waals surface area contributed by atoms with Crippen LogP contribution >= 0.6 is 34.5 Å². The number of halogens is 4. The third kappa shape index (κ3) is 3.95. The number of carbonyl (C=O) groups excluding carboxylic acids is 1. The van der Waals surface area contributed by atoms with E-state index in [0.717, 1.165) is 11.3 Å². The van der Waals surface area contributed by atoms with Gasteiger partial charge in [0.05, 0.1) is 5.57 Å². The molecule has 1 aliphatic rings. The topological polar surface area (TPSA) is 66.4 Å². The van der Waals surface area contributed by atoms with Crippen molar-refractivity contribution in [2.24, 2.45) is 0 Å². The molecule has 2 aromatic rings. The highest BCUT2D eigenvalue weighted by Gasteiger charge is 2.27. The Kier molecular flexibility index (Phi) is 6.12. The molecule has 0 aliphatic heterocycles. The van der Waals surface area contributed by atoms with Gasteiger partial charge in [0.1, 0.15) is 10.6 Å². The molecule has 9 heteroatoms. The summed E-state index contributed by atoms with van der Waals surface area (Å²) in [5.41, 5.74) is 0.248. The molecule has 1 heterocycles. The Hall–Kier alpha value is -2.22. The summed E-state index contributed by atoms with van der Waals surface area (Å²) in [7, 11) is 0. The Bertz CT molecular complexity index is 1110. The molecule has 1 aromatic heterocycles. The van der Waals surface area contributed by atoms with Crippen molar-refractivity contribution < 1.29 is 23.5 Å². The molecule has 1 aliphatic carbocycles. The smallest absolute Gasteiger partial charge is 0.339 e. The van der Waals surface area contributed by atoms with Crippen LogP contribution in [0.1, 0.15) is 35.7 Å². The monoisotopic (exact) mass is 457 g/mol. The highest BCUT2D eigenvalue weighted by molar-refractivity contribution is 7.15. The summed E-state index contributed by atoms with van der Waals surface area (Å²) in [6.07, 6.45) is 0.917. The van der Waals surface area contributed by atoms with Crippen LogP contribution in [0.25, 0.3) is 11.1 Å². The van der Waals surface area contributed by atoms with Gasteiger partial charge >= 0.3 is 5.97 Å². The van der Waals surface area contributed by atoms with Gasteiger partial charge in [-0.1, -0.05) is 35.3 Å². The van der Waals surface area contributed by atoms with Crippen molar-refractivity contribution in [2.75, 3.05) is 5.32 Å². The minimum absolute atomic E-state index is 0.00987. The normalized spacial score (nSPS) is 14.4. The molecule has 0 fully saturated rings. The SMILES string of the molecule is CC1=C(Cl)CCC(Cl)=C1C(=O)Nc1scc(-c2ccc(C)c(F)c2F)c1C(=O)O. The molecule has 1 aromatic carbocycles. The van der Waals surface area contributed by atoms with Crippen LogP contribution in [0.4, 0.5) is 13.8 Å². The van der Waals surface area contributed by atoms with Gasteiger partial charge in [-0.2, -0.15) is 0 Å². The fourth-order valence-electron chi connectivity index (χ4n) is 3.04. The molecule has 4 nitrogen and oxygen atoms in total. The van der Waals surface area contributed by atoms with Crippen LogP contribution in [-0.4, -0.2) is 17.0 Å². The largest absolute Gasteiger partial charge is 0.478 e. The van der Waals surface area contributed by atoms with Crippen molar-refractivity contribution in [3.8, 4) is 11.1 Å². The van der Waals surface area contributed by atoms with Crippen molar-refractivity contribution in [2.45, 2.75) is 26.7 Å². The number of hydrogen-bond acceptors (Lipinski definition) is 3. The molecule has 0 atom stereocenters. The maximum atomic E-state index is 14.4. The minimum atomic E-state index is -1.38. The molecule has 152 valence electrons. The third-order valence-corrected chi connectivity index (χ3v) is 6.39. The van der Waals surface area contributed by atoms with Gasteiger partial charge in [-0.05, 0) is 37.8 Å². The Balaban J connectivity index is 2.04. The summed E-state index contributed by atoms with van der Waals surface area (Å²) >= 11 is 13.2. The van der Waals surface area contributed by atoms with E-state index in [1.807, 2.05) is 0 Å². The summed E-state index contributed by atoms with van der Waals surface area (Å²) in [6, 6.07) is 2.67. The summed E-state index contributed by atoms with van der Waals surface area (Å²) in [5.74, 6) is -4.19. The number of thiophene rings is 1. The summed E-state index contributed by atoms with van der Waals surface area (Å²) in [6.45, 7) is 3.06. The third-order valence-electron chi connectivity index (χ3n) is 4.64. The number of aryl methyl sites for hydroxylation is 1. The van der Waals surface area contributed by atoms with Gasteiger partial charge in [0.25, 0.3) is 5.91 Å². The number of rotatable bonds is 4. The average Bonchev–Trinajstić information content (AvgIpc) is 3.06. The van der Waals surface area contributed by atoms with Crippen molar-refractivity contribution in [3.05, 3.63) is 61.5 Å². The zero-order valence-corrected chi connectivity index (χ0v) is 17.7. The molecule has 0 bridgehead atoms. The minimum Gasteiger partial charge on any atom is -0.478 e. The van der Waals surface area contributed by atoms with Gasteiger partial charge in [0.2, 0.25) is 0 Å². The van der Waals surface area contributed by atoms with E-state index in [1.165, 1.54) is 24.4 Å². The first kappa shape index (κ1) is 21.5. The van der Waals surface area contributed by atoms with Crippen LogP contribution in [0, 0.1) is 18.6 Å². The zero-order chi connectivity index (χ0) is 21.5. The van der Waals surface area contributed by atoms with E-state index in [-0.39, 0.29) is 32.8 Å². The second-order valence-corrected chi connectivity index (χ2v) is 8.27. The maximum absolute atomic E-state index is 14.4. The van der Waals surface area contributed by atoms with Crippen molar-refractivity contribution in [3.63, 3.8) is 0 Å². The van der Waals surface area contributed by atoms with E-state index in [0.29, 0.717) is 28.5 Å². The summed E-state index contributed by atoms with van der Waals surface area (Å²) in [4.78, 5) is 24.6. The highest BCUT2D eigenvalue weighted by Crippen LogP contribution is 2.39. The molecule has 0 radical (unpaired) electrons. The van der Waals surface area contributed by atoms with Gasteiger partial charge in [-0.15, -0.1) is 11.3 Å². The van der Waals surface area contributed by atoms with E-state index >= 15 is 0 Å². The molecular weight excluding hydrogens is 443 g/mol. The number of anilines is 1. The lowest BCUT2D eigenvalue weighted by Gasteiger charge is -2.18. The molecule has 1 amide bonds. The van der Waals surface area contributed by atoms with Gasteiger partial charge in [0, 0.05) is 26.6 Å². The second-order valence-electron chi connectivity index (χ2n) is 6.48. The van der Waals surface area contributed by atoms with Gasteiger partial charge in [0.15, 0.2) is 11.6 Å². The first-order chi connectivity index (χ1) is 13.6. The second kappa shape index (κ2) is 8.26. The summed E-state index contributed by atoms with van der Waals surface area (Å²) < 4.78 is 28.4. The Morgan fingerprint density at radius 3 is 2.38 bits per heavy atom. The predicted octanol–water partition coefficient (Wildman–Crippen LogP) is 6.44. The average molecular weight is 458 g/mol. The van der Waals surface area contributed by atoms with Crippen LogP contribution < -0.4 is 5.32 Å².